The summed E-state index contributed by atoms with van der Waals surface area (Å²) in [5.41, 5.74) is 0. The molecule has 1 aromatic rings. The molecule has 2 heterocycles. The zero-order valence-electron chi connectivity index (χ0n) is 16.1. The lowest BCUT2D eigenvalue weighted by Gasteiger charge is -2.23. The molecule has 0 spiro atoms. The van der Waals surface area contributed by atoms with Gasteiger partial charge in [-0.25, -0.2) is 9.78 Å². The van der Waals surface area contributed by atoms with Gasteiger partial charge in [0, 0.05) is 45.6 Å². The number of hydrogen-bond acceptors (Lipinski definition) is 4. The fourth-order valence-electron chi connectivity index (χ4n) is 3.24. The quantitative estimate of drug-likeness (QED) is 0.722. The Morgan fingerprint density at radius 2 is 2.12 bits per heavy atom. The van der Waals surface area contributed by atoms with E-state index >= 15 is 0 Å². The number of carbonyl (C=O) groups excluding carboxylic acids is 1. The molecule has 0 radical (unpaired) electrons. The summed E-state index contributed by atoms with van der Waals surface area (Å²) in [6, 6.07) is 0. The predicted molar refractivity (Wildman–Crippen MR) is 99.3 cm³/mol. The highest BCUT2D eigenvalue weighted by molar-refractivity contribution is 5.67. The van der Waals surface area contributed by atoms with Crippen molar-refractivity contribution in [1.29, 1.82) is 0 Å². The highest BCUT2D eigenvalue weighted by Gasteiger charge is 2.21. The van der Waals surface area contributed by atoms with Gasteiger partial charge in [0.05, 0.1) is 13.2 Å². The number of amides is 1. The summed E-state index contributed by atoms with van der Waals surface area (Å²) in [4.78, 5) is 21.0. The van der Waals surface area contributed by atoms with Crippen LogP contribution in [-0.4, -0.2) is 58.2 Å². The Hall–Kier alpha value is -1.56. The monoisotopic (exact) mass is 350 g/mol. The molecule has 1 unspecified atom stereocenters. The third-order valence-electron chi connectivity index (χ3n) is 5.12. The molecule has 2 rings (SSSR count). The van der Waals surface area contributed by atoms with Crippen molar-refractivity contribution in [3.63, 3.8) is 0 Å². The minimum Gasteiger partial charge on any atom is -0.449 e. The van der Waals surface area contributed by atoms with Gasteiger partial charge in [-0.1, -0.05) is 33.1 Å². The zero-order chi connectivity index (χ0) is 18.1. The molecule has 6 nitrogen and oxygen atoms in total. The van der Waals surface area contributed by atoms with Crippen LogP contribution in [0.3, 0.4) is 0 Å². The second-order valence-electron chi connectivity index (χ2n) is 7.06. The molecule has 1 saturated heterocycles. The van der Waals surface area contributed by atoms with Gasteiger partial charge >= 0.3 is 6.09 Å². The Labute approximate surface area is 152 Å². The Morgan fingerprint density at radius 1 is 1.28 bits per heavy atom. The maximum Gasteiger partial charge on any atom is 0.409 e. The van der Waals surface area contributed by atoms with Crippen molar-refractivity contribution in [3.05, 3.63) is 18.2 Å². The average molecular weight is 351 g/mol. The second kappa shape index (κ2) is 10.4. The predicted octanol–water partition coefficient (Wildman–Crippen LogP) is 3.28. The third kappa shape index (κ3) is 6.34. The van der Waals surface area contributed by atoms with Gasteiger partial charge in [-0.05, 0) is 18.8 Å². The van der Waals surface area contributed by atoms with Crippen LogP contribution in [0.25, 0.3) is 0 Å². The van der Waals surface area contributed by atoms with Gasteiger partial charge in [-0.15, -0.1) is 0 Å². The van der Waals surface area contributed by atoms with E-state index in [1.165, 1.54) is 12.8 Å². The van der Waals surface area contributed by atoms with Gasteiger partial charge < -0.3 is 14.2 Å². The summed E-state index contributed by atoms with van der Waals surface area (Å²) < 4.78 is 7.65. The smallest absolute Gasteiger partial charge is 0.409 e. The van der Waals surface area contributed by atoms with Crippen molar-refractivity contribution >= 4 is 6.09 Å². The average Bonchev–Trinajstić information content (AvgIpc) is 2.87. The van der Waals surface area contributed by atoms with Crippen LogP contribution in [0, 0.1) is 5.92 Å². The maximum atomic E-state index is 12.4. The number of nitrogens with zero attached hydrogens (tertiary/aromatic N) is 4. The van der Waals surface area contributed by atoms with E-state index in [-0.39, 0.29) is 6.09 Å². The van der Waals surface area contributed by atoms with Crippen LogP contribution < -0.4 is 0 Å². The van der Waals surface area contributed by atoms with Crippen molar-refractivity contribution < 1.29 is 9.53 Å². The molecule has 1 aliphatic rings. The first-order valence-corrected chi connectivity index (χ1v) is 9.74. The molecule has 0 bridgehead atoms. The number of ether oxygens (including phenoxy) is 1. The van der Waals surface area contributed by atoms with Crippen LogP contribution in [0.4, 0.5) is 4.79 Å². The van der Waals surface area contributed by atoms with Crippen LogP contribution in [0.1, 0.15) is 51.8 Å². The summed E-state index contributed by atoms with van der Waals surface area (Å²) in [6.07, 6.45) is 9.27. The van der Waals surface area contributed by atoms with Gasteiger partial charge in [0.1, 0.15) is 5.82 Å². The van der Waals surface area contributed by atoms with Crippen LogP contribution in [0.5, 0.6) is 0 Å². The molecule has 0 saturated carbocycles. The van der Waals surface area contributed by atoms with E-state index in [0.29, 0.717) is 12.5 Å². The molecular weight excluding hydrogens is 316 g/mol. The van der Waals surface area contributed by atoms with E-state index in [1.54, 1.807) is 0 Å². The lowest BCUT2D eigenvalue weighted by molar-refractivity contribution is 0.0856. The highest BCUT2D eigenvalue weighted by Crippen LogP contribution is 2.14. The largest absolute Gasteiger partial charge is 0.449 e. The summed E-state index contributed by atoms with van der Waals surface area (Å²) in [6.45, 7) is 9.14. The lowest BCUT2D eigenvalue weighted by atomic mass is 10.0. The fourth-order valence-corrected chi connectivity index (χ4v) is 3.24. The normalized spacial score (nSPS) is 17.3. The molecule has 1 aromatic heterocycles. The maximum absolute atomic E-state index is 12.4. The highest BCUT2D eigenvalue weighted by atomic mass is 16.6. The van der Waals surface area contributed by atoms with Gasteiger partial charge in [-0.3, -0.25) is 4.90 Å². The molecule has 1 aliphatic heterocycles. The number of imidazole rings is 1. The fraction of sp³-hybridized carbons (Fsp3) is 0.789. The summed E-state index contributed by atoms with van der Waals surface area (Å²) in [7, 11) is 2.02. The second-order valence-corrected chi connectivity index (χ2v) is 7.06. The first-order valence-electron chi connectivity index (χ1n) is 9.74. The third-order valence-corrected chi connectivity index (χ3v) is 5.12. The van der Waals surface area contributed by atoms with E-state index in [9.17, 15) is 4.79 Å². The number of aryl methyl sites for hydroxylation is 1. The van der Waals surface area contributed by atoms with Crippen molar-refractivity contribution in [2.45, 2.75) is 52.5 Å². The topological polar surface area (TPSA) is 50.6 Å². The zero-order valence-corrected chi connectivity index (χ0v) is 16.1. The molecule has 0 aliphatic carbocycles. The van der Waals surface area contributed by atoms with Crippen LogP contribution >= 0.6 is 0 Å². The van der Waals surface area contributed by atoms with Crippen molar-refractivity contribution in [2.75, 3.05) is 32.8 Å². The summed E-state index contributed by atoms with van der Waals surface area (Å²) >= 11 is 0. The van der Waals surface area contributed by atoms with Gasteiger partial charge in [0.2, 0.25) is 0 Å². The SMILES string of the molecule is CCCCC(CC)COC(=O)N1CCCN(Cc2nccn2C)CC1. The minimum absolute atomic E-state index is 0.145. The van der Waals surface area contributed by atoms with Gasteiger partial charge in [0.15, 0.2) is 0 Å². The number of unbranched alkanes of at least 4 members (excludes halogenated alkanes) is 1. The molecule has 0 aromatic carbocycles. The lowest BCUT2D eigenvalue weighted by Crippen LogP contribution is -2.36. The number of hydrogen-bond donors (Lipinski definition) is 0. The van der Waals surface area contributed by atoms with Crippen LogP contribution in [0.15, 0.2) is 12.4 Å². The van der Waals surface area contributed by atoms with Crippen molar-refractivity contribution in [2.24, 2.45) is 13.0 Å². The van der Waals surface area contributed by atoms with Gasteiger partial charge in [-0.2, -0.15) is 0 Å². The first-order chi connectivity index (χ1) is 12.1. The molecule has 1 atom stereocenters. The summed E-state index contributed by atoms with van der Waals surface area (Å²) in [5, 5.41) is 0. The van der Waals surface area contributed by atoms with E-state index in [1.807, 2.05) is 24.3 Å². The van der Waals surface area contributed by atoms with E-state index in [2.05, 4.69) is 28.3 Å². The van der Waals surface area contributed by atoms with Crippen LogP contribution in [0.2, 0.25) is 0 Å². The Kier molecular flexibility index (Phi) is 8.25. The minimum atomic E-state index is -0.145. The van der Waals surface area contributed by atoms with Gasteiger partial charge in [0.25, 0.3) is 0 Å². The molecule has 25 heavy (non-hydrogen) atoms. The molecule has 1 fully saturated rings. The molecule has 1 amide bonds. The molecular formula is C19H34N4O2. The summed E-state index contributed by atoms with van der Waals surface area (Å²) in [5.74, 6) is 1.56. The van der Waals surface area contributed by atoms with E-state index in [4.69, 9.17) is 4.74 Å². The van der Waals surface area contributed by atoms with E-state index in [0.717, 1.165) is 57.8 Å². The molecule has 0 N–H and O–H groups in total. The Morgan fingerprint density at radius 3 is 2.80 bits per heavy atom. The standard InChI is InChI=1S/C19H34N4O2/c1-4-6-8-17(5-2)16-25-19(24)23-11-7-10-22(13-14-23)15-18-20-9-12-21(18)3/h9,12,17H,4-8,10-11,13-16H2,1-3H3. The number of carbonyl (C=O) groups is 1. The first kappa shape index (κ1) is 19.8. The molecule has 142 valence electrons. The van der Waals surface area contributed by atoms with Crippen LogP contribution in [-0.2, 0) is 18.3 Å². The van der Waals surface area contributed by atoms with Crippen molar-refractivity contribution in [3.8, 4) is 0 Å². The Balaban J connectivity index is 1.75. The van der Waals surface area contributed by atoms with Crippen molar-refractivity contribution in [1.82, 2.24) is 19.4 Å². The number of aromatic nitrogens is 2. The molecule has 6 heteroatoms. The Bertz CT molecular complexity index is 517. The van der Waals surface area contributed by atoms with E-state index < -0.39 is 0 Å². The number of rotatable bonds is 8.